The van der Waals surface area contributed by atoms with Gasteiger partial charge in [-0.1, -0.05) is 12.1 Å². The van der Waals surface area contributed by atoms with Crippen LogP contribution in [0.25, 0.3) is 11.3 Å². The summed E-state index contributed by atoms with van der Waals surface area (Å²) >= 11 is 0. The van der Waals surface area contributed by atoms with Crippen LogP contribution in [0.3, 0.4) is 0 Å². The van der Waals surface area contributed by atoms with Crippen molar-refractivity contribution in [2.24, 2.45) is 0 Å². The molecule has 1 saturated heterocycles. The van der Waals surface area contributed by atoms with Gasteiger partial charge in [0.1, 0.15) is 0 Å². The second kappa shape index (κ2) is 5.45. The molecular formula is C15H19N3O. The van der Waals surface area contributed by atoms with Crippen LogP contribution < -0.4 is 5.32 Å². The molecule has 1 aliphatic heterocycles. The van der Waals surface area contributed by atoms with E-state index in [4.69, 9.17) is 4.74 Å². The van der Waals surface area contributed by atoms with Gasteiger partial charge in [0, 0.05) is 12.2 Å². The number of anilines is 1. The predicted molar refractivity (Wildman–Crippen MR) is 76.1 cm³/mol. The van der Waals surface area contributed by atoms with E-state index in [0.29, 0.717) is 12.2 Å². The van der Waals surface area contributed by atoms with E-state index in [0.717, 1.165) is 29.9 Å². The van der Waals surface area contributed by atoms with Crippen LogP contribution in [-0.4, -0.2) is 28.7 Å². The van der Waals surface area contributed by atoms with Crippen molar-refractivity contribution in [1.29, 1.82) is 0 Å². The number of aromatic amines is 1. The zero-order chi connectivity index (χ0) is 13.1. The van der Waals surface area contributed by atoms with Gasteiger partial charge in [0.2, 0.25) is 0 Å². The summed E-state index contributed by atoms with van der Waals surface area (Å²) in [5.41, 5.74) is 3.32. The Hall–Kier alpha value is -1.81. The lowest BCUT2D eigenvalue weighted by molar-refractivity contribution is 0.0637. The van der Waals surface area contributed by atoms with Gasteiger partial charge in [0.05, 0.1) is 30.4 Å². The third-order valence-electron chi connectivity index (χ3n) is 3.55. The molecule has 0 aliphatic carbocycles. The van der Waals surface area contributed by atoms with Crippen molar-refractivity contribution in [1.82, 2.24) is 9.97 Å². The number of benzene rings is 1. The van der Waals surface area contributed by atoms with Crippen LogP contribution in [0, 0.1) is 0 Å². The van der Waals surface area contributed by atoms with Crippen LogP contribution in [0.1, 0.15) is 19.8 Å². The molecule has 2 heterocycles. The standard InChI is InChI=1S/C15H19N3O/c1-11-2-7-14(19-11)8-17-13-5-3-12(4-6-13)15-9-16-10-18-15/h3-6,9-11,14,17H,2,7-8H2,1H3,(H,16,18). The van der Waals surface area contributed by atoms with Crippen LogP contribution in [-0.2, 0) is 4.74 Å². The maximum atomic E-state index is 5.79. The number of aromatic nitrogens is 2. The lowest BCUT2D eigenvalue weighted by Crippen LogP contribution is -2.19. The number of hydrogen-bond donors (Lipinski definition) is 2. The third kappa shape index (κ3) is 2.96. The summed E-state index contributed by atoms with van der Waals surface area (Å²) in [6, 6.07) is 8.37. The molecule has 19 heavy (non-hydrogen) atoms. The molecule has 100 valence electrons. The van der Waals surface area contributed by atoms with Crippen LogP contribution in [0.4, 0.5) is 5.69 Å². The fraction of sp³-hybridized carbons (Fsp3) is 0.400. The molecule has 0 radical (unpaired) electrons. The first-order valence-electron chi connectivity index (χ1n) is 6.79. The summed E-state index contributed by atoms with van der Waals surface area (Å²) in [4.78, 5) is 7.13. The van der Waals surface area contributed by atoms with Gasteiger partial charge in [-0.2, -0.15) is 0 Å². The Labute approximate surface area is 113 Å². The number of imidazole rings is 1. The summed E-state index contributed by atoms with van der Waals surface area (Å²) in [7, 11) is 0. The average molecular weight is 257 g/mol. The normalized spacial score (nSPS) is 22.6. The van der Waals surface area contributed by atoms with Gasteiger partial charge in [0.15, 0.2) is 0 Å². The summed E-state index contributed by atoms with van der Waals surface area (Å²) in [5.74, 6) is 0. The van der Waals surface area contributed by atoms with E-state index in [-0.39, 0.29) is 0 Å². The zero-order valence-electron chi connectivity index (χ0n) is 11.1. The fourth-order valence-corrected chi connectivity index (χ4v) is 2.45. The molecule has 4 heteroatoms. The summed E-state index contributed by atoms with van der Waals surface area (Å²) < 4.78 is 5.79. The molecule has 0 spiro atoms. The van der Waals surface area contributed by atoms with Crippen molar-refractivity contribution >= 4 is 5.69 Å². The van der Waals surface area contributed by atoms with E-state index >= 15 is 0 Å². The van der Waals surface area contributed by atoms with Gasteiger partial charge in [-0.3, -0.25) is 0 Å². The Morgan fingerprint density at radius 2 is 2.16 bits per heavy atom. The quantitative estimate of drug-likeness (QED) is 0.885. The summed E-state index contributed by atoms with van der Waals surface area (Å²) in [5, 5.41) is 3.43. The van der Waals surface area contributed by atoms with Crippen molar-refractivity contribution < 1.29 is 4.74 Å². The topological polar surface area (TPSA) is 49.9 Å². The van der Waals surface area contributed by atoms with Gasteiger partial charge in [-0.05, 0) is 37.5 Å². The minimum Gasteiger partial charge on any atom is -0.382 e. The van der Waals surface area contributed by atoms with Crippen molar-refractivity contribution in [3.05, 3.63) is 36.8 Å². The predicted octanol–water partition coefficient (Wildman–Crippen LogP) is 3.06. The van der Waals surface area contributed by atoms with Gasteiger partial charge >= 0.3 is 0 Å². The number of nitrogens with one attached hydrogen (secondary N) is 2. The van der Waals surface area contributed by atoms with Crippen LogP contribution in [0.15, 0.2) is 36.8 Å². The smallest absolute Gasteiger partial charge is 0.0924 e. The second-order valence-corrected chi connectivity index (χ2v) is 5.07. The lowest BCUT2D eigenvalue weighted by atomic mass is 10.1. The van der Waals surface area contributed by atoms with Crippen LogP contribution in [0.2, 0.25) is 0 Å². The van der Waals surface area contributed by atoms with Crippen molar-refractivity contribution in [2.75, 3.05) is 11.9 Å². The van der Waals surface area contributed by atoms with E-state index in [1.807, 2.05) is 6.20 Å². The Morgan fingerprint density at radius 1 is 1.32 bits per heavy atom. The van der Waals surface area contributed by atoms with Gasteiger partial charge in [-0.15, -0.1) is 0 Å². The maximum absolute atomic E-state index is 5.79. The molecule has 0 amide bonds. The Bertz CT molecular complexity index is 507. The number of nitrogens with zero attached hydrogens (tertiary/aromatic N) is 1. The van der Waals surface area contributed by atoms with Crippen LogP contribution >= 0.6 is 0 Å². The maximum Gasteiger partial charge on any atom is 0.0924 e. The third-order valence-corrected chi connectivity index (χ3v) is 3.55. The van der Waals surface area contributed by atoms with Crippen LogP contribution in [0.5, 0.6) is 0 Å². The molecule has 4 nitrogen and oxygen atoms in total. The first kappa shape index (κ1) is 12.2. The number of ether oxygens (including phenoxy) is 1. The highest BCUT2D eigenvalue weighted by atomic mass is 16.5. The van der Waals surface area contributed by atoms with Gasteiger partial charge in [-0.25, -0.2) is 4.98 Å². The summed E-state index contributed by atoms with van der Waals surface area (Å²) in [6.07, 6.45) is 6.61. The lowest BCUT2D eigenvalue weighted by Gasteiger charge is -2.13. The largest absolute Gasteiger partial charge is 0.382 e. The first-order valence-corrected chi connectivity index (χ1v) is 6.79. The SMILES string of the molecule is CC1CCC(CNc2ccc(-c3cnc[nH]3)cc2)O1. The van der Waals surface area contributed by atoms with Gasteiger partial charge in [0.25, 0.3) is 0 Å². The molecule has 0 saturated carbocycles. The van der Waals surface area contributed by atoms with Crippen molar-refractivity contribution in [3.63, 3.8) is 0 Å². The minimum atomic E-state index is 0.349. The molecule has 3 rings (SSSR count). The molecule has 2 N–H and O–H groups in total. The number of H-pyrrole nitrogens is 1. The minimum absolute atomic E-state index is 0.349. The molecule has 0 bridgehead atoms. The van der Waals surface area contributed by atoms with E-state index in [2.05, 4.69) is 46.5 Å². The first-order chi connectivity index (χ1) is 9.31. The molecule has 1 aliphatic rings. The molecular weight excluding hydrogens is 238 g/mol. The number of rotatable bonds is 4. The van der Waals surface area contributed by atoms with E-state index in [9.17, 15) is 0 Å². The van der Waals surface area contributed by atoms with Crippen molar-refractivity contribution in [3.8, 4) is 11.3 Å². The highest BCUT2D eigenvalue weighted by molar-refractivity contribution is 5.61. The highest BCUT2D eigenvalue weighted by Gasteiger charge is 2.21. The van der Waals surface area contributed by atoms with E-state index in [1.165, 1.54) is 6.42 Å². The van der Waals surface area contributed by atoms with Gasteiger partial charge < -0.3 is 15.0 Å². The second-order valence-electron chi connectivity index (χ2n) is 5.07. The van der Waals surface area contributed by atoms with E-state index < -0.39 is 0 Å². The molecule has 2 unspecified atom stereocenters. The molecule has 1 fully saturated rings. The molecule has 2 aromatic rings. The monoisotopic (exact) mass is 257 g/mol. The number of hydrogen-bond acceptors (Lipinski definition) is 3. The molecule has 1 aromatic carbocycles. The Morgan fingerprint density at radius 3 is 2.79 bits per heavy atom. The molecule has 2 atom stereocenters. The zero-order valence-corrected chi connectivity index (χ0v) is 11.1. The summed E-state index contributed by atoms with van der Waals surface area (Å²) in [6.45, 7) is 3.02. The average Bonchev–Trinajstić information content (AvgIpc) is 3.08. The Balaban J connectivity index is 1.57. The molecule has 1 aromatic heterocycles. The fourth-order valence-electron chi connectivity index (χ4n) is 2.45. The van der Waals surface area contributed by atoms with E-state index in [1.54, 1.807) is 6.33 Å². The van der Waals surface area contributed by atoms with Crippen molar-refractivity contribution in [2.45, 2.75) is 32.0 Å². The highest BCUT2D eigenvalue weighted by Crippen LogP contribution is 2.21. The Kier molecular flexibility index (Phi) is 3.51.